The molecule has 1 rings (SSSR count). The number of nitrogens with zero attached hydrogens (tertiary/aromatic N) is 2. The Bertz CT molecular complexity index is 469. The third kappa shape index (κ3) is 4.87. The summed E-state index contributed by atoms with van der Waals surface area (Å²) in [7, 11) is 0. The van der Waals surface area contributed by atoms with Crippen LogP contribution in [-0.4, -0.2) is 28.0 Å². The molecule has 1 atom stereocenters. The van der Waals surface area contributed by atoms with E-state index in [1.165, 1.54) is 6.20 Å². The van der Waals surface area contributed by atoms with E-state index in [9.17, 15) is 4.79 Å². The van der Waals surface area contributed by atoms with Crippen LogP contribution in [0.1, 0.15) is 49.7 Å². The zero-order valence-electron chi connectivity index (χ0n) is 12.1. The number of oxime groups is 1. The topological polar surface area (TPSA) is 101 Å². The van der Waals surface area contributed by atoms with Gasteiger partial charge in [-0.3, -0.25) is 9.78 Å². The Morgan fingerprint density at radius 2 is 2.10 bits per heavy atom. The Morgan fingerprint density at radius 1 is 1.40 bits per heavy atom. The first kappa shape index (κ1) is 15.9. The lowest BCUT2D eigenvalue weighted by Crippen LogP contribution is -2.33. The molecule has 0 aliphatic heterocycles. The van der Waals surface area contributed by atoms with Gasteiger partial charge in [0.25, 0.3) is 5.91 Å². The van der Waals surface area contributed by atoms with Gasteiger partial charge in [-0.1, -0.05) is 19.0 Å². The average Bonchev–Trinajstić information content (AvgIpc) is 2.44. The second-order valence-corrected chi connectivity index (χ2v) is 5.26. The van der Waals surface area contributed by atoms with E-state index in [2.05, 4.69) is 29.3 Å². The molecule has 1 aromatic rings. The van der Waals surface area contributed by atoms with Gasteiger partial charge in [0, 0.05) is 17.8 Å². The molecule has 1 amide bonds. The van der Waals surface area contributed by atoms with Crippen molar-refractivity contribution in [2.24, 2.45) is 16.8 Å². The summed E-state index contributed by atoms with van der Waals surface area (Å²) in [4.78, 5) is 16.0. The fraction of sp³-hybridized carbons (Fsp3) is 0.500. The number of pyridine rings is 1. The van der Waals surface area contributed by atoms with E-state index < -0.39 is 0 Å². The van der Waals surface area contributed by atoms with Gasteiger partial charge in [-0.15, -0.1) is 0 Å². The highest BCUT2D eigenvalue weighted by Gasteiger charge is 2.12. The molecule has 1 aromatic heterocycles. The Hall–Kier alpha value is -2.11. The number of aromatic nitrogens is 1. The summed E-state index contributed by atoms with van der Waals surface area (Å²) in [5.74, 6) is 0.370. The van der Waals surface area contributed by atoms with Gasteiger partial charge in [-0.05, 0) is 37.8 Å². The highest BCUT2D eigenvalue weighted by molar-refractivity contribution is 5.98. The van der Waals surface area contributed by atoms with Crippen LogP contribution in [-0.2, 0) is 0 Å². The third-order valence-electron chi connectivity index (χ3n) is 2.95. The predicted octanol–water partition coefficient (Wildman–Crippen LogP) is 1.73. The third-order valence-corrected chi connectivity index (χ3v) is 2.95. The van der Waals surface area contributed by atoms with Crippen LogP contribution >= 0.6 is 0 Å². The van der Waals surface area contributed by atoms with E-state index in [0.29, 0.717) is 17.2 Å². The maximum absolute atomic E-state index is 12.0. The largest absolute Gasteiger partial charge is 0.409 e. The van der Waals surface area contributed by atoms with Crippen LogP contribution < -0.4 is 11.1 Å². The number of amidine groups is 1. The van der Waals surface area contributed by atoms with Crippen molar-refractivity contribution in [1.29, 1.82) is 0 Å². The van der Waals surface area contributed by atoms with Crippen molar-refractivity contribution >= 4 is 11.7 Å². The Morgan fingerprint density at radius 3 is 2.60 bits per heavy atom. The van der Waals surface area contributed by atoms with Crippen LogP contribution in [0.25, 0.3) is 0 Å². The maximum Gasteiger partial charge on any atom is 0.270 e. The number of nitrogens with two attached hydrogens (primary N) is 1. The van der Waals surface area contributed by atoms with Crippen LogP contribution in [0.4, 0.5) is 0 Å². The summed E-state index contributed by atoms with van der Waals surface area (Å²) in [6.07, 6.45) is 3.41. The van der Waals surface area contributed by atoms with Crippen molar-refractivity contribution in [3.8, 4) is 0 Å². The van der Waals surface area contributed by atoms with Crippen molar-refractivity contribution in [1.82, 2.24) is 10.3 Å². The molecule has 110 valence electrons. The first-order valence-corrected chi connectivity index (χ1v) is 6.68. The van der Waals surface area contributed by atoms with E-state index in [-0.39, 0.29) is 17.8 Å². The summed E-state index contributed by atoms with van der Waals surface area (Å²) in [5.41, 5.74) is 6.21. The van der Waals surface area contributed by atoms with Gasteiger partial charge in [-0.25, -0.2) is 0 Å². The molecule has 0 radical (unpaired) electrons. The second-order valence-electron chi connectivity index (χ2n) is 5.26. The number of nitrogens with one attached hydrogen (secondary N) is 1. The minimum absolute atomic E-state index is 0.0326. The lowest BCUT2D eigenvalue weighted by molar-refractivity contribution is 0.0932. The second kappa shape index (κ2) is 7.47. The molecule has 0 spiro atoms. The standard InChI is InChI=1S/C14H22N4O2/c1-9(2)4-5-10(3)17-14(19)12-7-6-11(8-16-12)13(15)18-20/h6-10,20H,4-5H2,1-3H3,(H2,15,18)(H,17,19). The summed E-state index contributed by atoms with van der Waals surface area (Å²) < 4.78 is 0. The van der Waals surface area contributed by atoms with Gasteiger partial charge < -0.3 is 16.3 Å². The zero-order chi connectivity index (χ0) is 15.1. The van der Waals surface area contributed by atoms with E-state index >= 15 is 0 Å². The van der Waals surface area contributed by atoms with Gasteiger partial charge in [0.1, 0.15) is 5.69 Å². The van der Waals surface area contributed by atoms with Crippen LogP contribution in [0.5, 0.6) is 0 Å². The molecule has 0 fully saturated rings. The summed E-state index contributed by atoms with van der Waals surface area (Å²) in [6.45, 7) is 6.29. The Balaban J connectivity index is 2.59. The van der Waals surface area contributed by atoms with E-state index in [1.807, 2.05) is 6.92 Å². The van der Waals surface area contributed by atoms with Crippen LogP contribution in [0.3, 0.4) is 0 Å². The van der Waals surface area contributed by atoms with Crippen LogP contribution in [0.15, 0.2) is 23.5 Å². The SMILES string of the molecule is CC(C)CCC(C)NC(=O)c1ccc(C(N)=NO)cn1. The summed E-state index contributed by atoms with van der Waals surface area (Å²) in [6, 6.07) is 3.25. The molecule has 0 aliphatic carbocycles. The zero-order valence-corrected chi connectivity index (χ0v) is 12.1. The van der Waals surface area contributed by atoms with Gasteiger partial charge in [-0.2, -0.15) is 0 Å². The average molecular weight is 278 g/mol. The molecule has 4 N–H and O–H groups in total. The molecule has 1 heterocycles. The molecular formula is C14H22N4O2. The minimum atomic E-state index is -0.215. The molecule has 0 saturated heterocycles. The molecule has 6 heteroatoms. The van der Waals surface area contributed by atoms with Crippen molar-refractivity contribution in [2.45, 2.75) is 39.7 Å². The fourth-order valence-electron chi connectivity index (χ4n) is 1.69. The van der Waals surface area contributed by atoms with Gasteiger partial charge in [0.15, 0.2) is 5.84 Å². The number of hydrogen-bond acceptors (Lipinski definition) is 4. The van der Waals surface area contributed by atoms with Gasteiger partial charge >= 0.3 is 0 Å². The van der Waals surface area contributed by atoms with E-state index in [0.717, 1.165) is 12.8 Å². The molecule has 20 heavy (non-hydrogen) atoms. The maximum atomic E-state index is 12.0. The summed E-state index contributed by atoms with van der Waals surface area (Å²) in [5, 5.41) is 14.3. The van der Waals surface area contributed by atoms with Gasteiger partial charge in [0.2, 0.25) is 0 Å². The fourth-order valence-corrected chi connectivity index (χ4v) is 1.69. The quantitative estimate of drug-likeness (QED) is 0.319. The number of carbonyl (C=O) groups is 1. The monoisotopic (exact) mass is 278 g/mol. The van der Waals surface area contributed by atoms with E-state index in [1.54, 1.807) is 12.1 Å². The molecule has 1 unspecified atom stereocenters. The van der Waals surface area contributed by atoms with Crippen LogP contribution in [0, 0.1) is 5.92 Å². The van der Waals surface area contributed by atoms with Crippen molar-refractivity contribution in [3.05, 3.63) is 29.6 Å². The van der Waals surface area contributed by atoms with Crippen molar-refractivity contribution < 1.29 is 10.0 Å². The first-order chi connectivity index (χ1) is 9.43. The number of carbonyl (C=O) groups excluding carboxylic acids is 1. The lowest BCUT2D eigenvalue weighted by Gasteiger charge is -2.14. The normalized spacial score (nSPS) is 13.3. The number of amides is 1. The highest BCUT2D eigenvalue weighted by Crippen LogP contribution is 2.07. The minimum Gasteiger partial charge on any atom is -0.409 e. The Kier molecular flexibility index (Phi) is 5.96. The molecule has 0 aliphatic rings. The predicted molar refractivity (Wildman–Crippen MR) is 77.7 cm³/mol. The molecule has 6 nitrogen and oxygen atoms in total. The molecule has 0 aromatic carbocycles. The molecule has 0 saturated carbocycles. The molecule has 0 bridgehead atoms. The van der Waals surface area contributed by atoms with Crippen LogP contribution in [0.2, 0.25) is 0 Å². The number of hydrogen-bond donors (Lipinski definition) is 3. The van der Waals surface area contributed by atoms with E-state index in [4.69, 9.17) is 10.9 Å². The van der Waals surface area contributed by atoms with Crippen molar-refractivity contribution in [3.63, 3.8) is 0 Å². The smallest absolute Gasteiger partial charge is 0.270 e. The summed E-state index contributed by atoms with van der Waals surface area (Å²) >= 11 is 0. The number of rotatable bonds is 6. The van der Waals surface area contributed by atoms with Crippen molar-refractivity contribution in [2.75, 3.05) is 0 Å². The van der Waals surface area contributed by atoms with Gasteiger partial charge in [0.05, 0.1) is 0 Å². The molecular weight excluding hydrogens is 256 g/mol. The Labute approximate surface area is 119 Å². The first-order valence-electron chi connectivity index (χ1n) is 6.68. The lowest BCUT2D eigenvalue weighted by atomic mass is 10.0. The highest BCUT2D eigenvalue weighted by atomic mass is 16.4.